The number of benzene rings is 1. The van der Waals surface area contributed by atoms with E-state index in [9.17, 15) is 19.2 Å². The maximum atomic E-state index is 11.8. The lowest BCUT2D eigenvalue weighted by molar-refractivity contribution is -0.147. The van der Waals surface area contributed by atoms with E-state index < -0.39 is 29.8 Å². The summed E-state index contributed by atoms with van der Waals surface area (Å²) in [5.41, 5.74) is 5.99. The first-order valence-corrected chi connectivity index (χ1v) is 7.86. The zero-order valence-electron chi connectivity index (χ0n) is 14.0. The Hall–Kier alpha value is -2.90. The van der Waals surface area contributed by atoms with Gasteiger partial charge >= 0.3 is 11.9 Å². The Bertz CT molecular complexity index is 602. The fourth-order valence-corrected chi connectivity index (χ4v) is 1.90. The first kappa shape index (κ1) is 20.1. The molecular formula is C17H22N2O6. The van der Waals surface area contributed by atoms with E-state index in [-0.39, 0.29) is 32.5 Å². The van der Waals surface area contributed by atoms with Crippen molar-refractivity contribution in [1.29, 1.82) is 0 Å². The summed E-state index contributed by atoms with van der Waals surface area (Å²) in [6.07, 6.45) is -0.668. The minimum Gasteiger partial charge on any atom is -0.466 e. The van der Waals surface area contributed by atoms with E-state index in [2.05, 4.69) is 5.32 Å². The molecule has 0 aliphatic carbocycles. The van der Waals surface area contributed by atoms with Crippen LogP contribution in [0.5, 0.6) is 0 Å². The van der Waals surface area contributed by atoms with E-state index in [0.717, 1.165) is 5.56 Å². The zero-order valence-corrected chi connectivity index (χ0v) is 14.0. The topological polar surface area (TPSA) is 125 Å². The number of nitrogens with two attached hydrogens (primary N) is 1. The van der Waals surface area contributed by atoms with Crippen molar-refractivity contribution in [2.45, 2.75) is 38.8 Å². The Labute approximate surface area is 145 Å². The van der Waals surface area contributed by atoms with Crippen LogP contribution in [-0.2, 0) is 35.3 Å². The third-order valence-corrected chi connectivity index (χ3v) is 3.15. The molecule has 2 amide bonds. The van der Waals surface area contributed by atoms with Crippen molar-refractivity contribution in [2.75, 3.05) is 6.61 Å². The smallest absolute Gasteiger partial charge is 0.308 e. The molecule has 0 bridgehead atoms. The van der Waals surface area contributed by atoms with Crippen molar-refractivity contribution in [3.8, 4) is 0 Å². The Morgan fingerprint density at radius 1 is 1.04 bits per heavy atom. The van der Waals surface area contributed by atoms with E-state index >= 15 is 0 Å². The van der Waals surface area contributed by atoms with Gasteiger partial charge in [0.2, 0.25) is 11.8 Å². The second-order valence-corrected chi connectivity index (χ2v) is 5.18. The summed E-state index contributed by atoms with van der Waals surface area (Å²) in [6.45, 7) is 1.93. The van der Waals surface area contributed by atoms with Crippen molar-refractivity contribution >= 4 is 23.8 Å². The summed E-state index contributed by atoms with van der Waals surface area (Å²) >= 11 is 0. The number of carbonyl (C=O) groups excluding carboxylic acids is 4. The van der Waals surface area contributed by atoms with Crippen LogP contribution in [-0.4, -0.2) is 36.4 Å². The van der Waals surface area contributed by atoms with Crippen LogP contribution >= 0.6 is 0 Å². The van der Waals surface area contributed by atoms with Gasteiger partial charge in [0.15, 0.2) is 0 Å². The Morgan fingerprint density at radius 3 is 2.32 bits per heavy atom. The van der Waals surface area contributed by atoms with Crippen LogP contribution in [0.15, 0.2) is 30.3 Å². The molecule has 0 saturated heterocycles. The number of ether oxygens (including phenoxy) is 2. The number of carbonyl (C=O) groups is 4. The summed E-state index contributed by atoms with van der Waals surface area (Å²) in [5, 5.41) is 2.32. The van der Waals surface area contributed by atoms with Gasteiger partial charge in [0.05, 0.1) is 19.4 Å². The number of rotatable bonds is 10. The van der Waals surface area contributed by atoms with Gasteiger partial charge in [-0.25, -0.2) is 0 Å². The van der Waals surface area contributed by atoms with E-state index in [1.165, 1.54) is 0 Å². The van der Waals surface area contributed by atoms with Crippen molar-refractivity contribution in [3.05, 3.63) is 35.9 Å². The Morgan fingerprint density at radius 2 is 1.72 bits per heavy atom. The minimum atomic E-state index is -1.20. The van der Waals surface area contributed by atoms with E-state index in [1.807, 2.05) is 6.07 Å². The zero-order chi connectivity index (χ0) is 18.7. The Balaban J connectivity index is 2.42. The molecule has 0 heterocycles. The lowest BCUT2D eigenvalue weighted by Gasteiger charge is -2.15. The van der Waals surface area contributed by atoms with Gasteiger partial charge in [-0.1, -0.05) is 30.3 Å². The number of nitrogens with one attached hydrogen (secondary N) is 1. The number of hydrogen-bond acceptors (Lipinski definition) is 6. The Kier molecular flexibility index (Phi) is 8.70. The molecule has 0 unspecified atom stereocenters. The van der Waals surface area contributed by atoms with Crippen molar-refractivity contribution in [1.82, 2.24) is 5.32 Å². The molecule has 3 N–H and O–H groups in total. The molecular weight excluding hydrogens is 328 g/mol. The number of amides is 2. The molecule has 0 spiro atoms. The van der Waals surface area contributed by atoms with Gasteiger partial charge in [0.25, 0.3) is 0 Å². The highest BCUT2D eigenvalue weighted by Gasteiger charge is 2.22. The minimum absolute atomic E-state index is 0.0575. The molecule has 0 fully saturated rings. The van der Waals surface area contributed by atoms with Gasteiger partial charge in [-0.15, -0.1) is 0 Å². The second-order valence-electron chi connectivity index (χ2n) is 5.18. The highest BCUT2D eigenvalue weighted by Crippen LogP contribution is 2.04. The number of esters is 2. The standard InChI is InChI=1S/C17H22N2O6/c1-2-24-15(21)9-8-14(20)19-13(17(18)23)10-16(22)25-11-12-6-4-3-5-7-12/h3-7,13H,2,8-11H2,1H3,(H2,18,23)(H,19,20)/t13-/m0/s1. The highest BCUT2D eigenvalue weighted by molar-refractivity contribution is 5.90. The SMILES string of the molecule is CCOC(=O)CCC(=O)N[C@@H](CC(=O)OCc1ccccc1)C(N)=O. The molecule has 0 aliphatic heterocycles. The van der Waals surface area contributed by atoms with Crippen LogP contribution in [0.2, 0.25) is 0 Å². The molecule has 0 aliphatic rings. The van der Waals surface area contributed by atoms with Gasteiger partial charge in [-0.05, 0) is 12.5 Å². The highest BCUT2D eigenvalue weighted by atomic mass is 16.5. The average Bonchev–Trinajstić information content (AvgIpc) is 2.58. The first-order valence-electron chi connectivity index (χ1n) is 7.86. The monoisotopic (exact) mass is 350 g/mol. The van der Waals surface area contributed by atoms with E-state index in [1.54, 1.807) is 31.2 Å². The third-order valence-electron chi connectivity index (χ3n) is 3.15. The average molecular weight is 350 g/mol. The summed E-state index contributed by atoms with van der Waals surface area (Å²) in [4.78, 5) is 46.1. The molecule has 1 aromatic rings. The molecule has 1 atom stereocenters. The van der Waals surface area contributed by atoms with Gasteiger partial charge < -0.3 is 20.5 Å². The maximum absolute atomic E-state index is 11.8. The van der Waals surface area contributed by atoms with Gasteiger partial charge in [0, 0.05) is 6.42 Å². The quantitative estimate of drug-likeness (QED) is 0.590. The predicted octanol–water partition coefficient (Wildman–Crippen LogP) is 0.433. The van der Waals surface area contributed by atoms with Gasteiger partial charge in [0.1, 0.15) is 12.6 Å². The molecule has 136 valence electrons. The molecule has 1 rings (SSSR count). The van der Waals surface area contributed by atoms with Crippen molar-refractivity contribution < 1.29 is 28.7 Å². The molecule has 1 aromatic carbocycles. The summed E-state index contributed by atoms with van der Waals surface area (Å²) in [6, 6.07) is 7.82. The van der Waals surface area contributed by atoms with Crippen LogP contribution in [0, 0.1) is 0 Å². The lowest BCUT2D eigenvalue weighted by atomic mass is 10.2. The van der Waals surface area contributed by atoms with Gasteiger partial charge in [-0.3, -0.25) is 19.2 Å². The van der Waals surface area contributed by atoms with E-state index in [4.69, 9.17) is 15.2 Å². The van der Waals surface area contributed by atoms with Gasteiger partial charge in [-0.2, -0.15) is 0 Å². The van der Waals surface area contributed by atoms with Crippen LogP contribution in [0.4, 0.5) is 0 Å². The summed E-state index contributed by atoms with van der Waals surface area (Å²) in [5.74, 6) is -2.62. The van der Waals surface area contributed by atoms with Crippen LogP contribution < -0.4 is 11.1 Å². The number of hydrogen-bond donors (Lipinski definition) is 2. The maximum Gasteiger partial charge on any atom is 0.308 e. The molecule has 0 saturated carbocycles. The van der Waals surface area contributed by atoms with E-state index in [0.29, 0.717) is 0 Å². The second kappa shape index (κ2) is 10.8. The third kappa shape index (κ3) is 8.50. The first-order chi connectivity index (χ1) is 11.9. The largest absolute Gasteiger partial charge is 0.466 e. The van der Waals surface area contributed by atoms with Crippen LogP contribution in [0.25, 0.3) is 0 Å². The molecule has 0 aromatic heterocycles. The van der Waals surface area contributed by atoms with Crippen molar-refractivity contribution in [3.63, 3.8) is 0 Å². The predicted molar refractivity (Wildman–Crippen MR) is 87.8 cm³/mol. The van der Waals surface area contributed by atoms with Crippen molar-refractivity contribution in [2.24, 2.45) is 5.73 Å². The lowest BCUT2D eigenvalue weighted by Crippen LogP contribution is -2.46. The molecule has 0 radical (unpaired) electrons. The summed E-state index contributed by atoms with van der Waals surface area (Å²) < 4.78 is 9.75. The fourth-order valence-electron chi connectivity index (χ4n) is 1.90. The molecule has 8 nitrogen and oxygen atoms in total. The fraction of sp³-hybridized carbons (Fsp3) is 0.412. The summed E-state index contributed by atoms with van der Waals surface area (Å²) in [7, 11) is 0. The normalized spacial score (nSPS) is 11.2. The molecule has 8 heteroatoms. The molecule has 25 heavy (non-hydrogen) atoms. The van der Waals surface area contributed by atoms with Crippen LogP contribution in [0.3, 0.4) is 0 Å². The number of primary amides is 1. The van der Waals surface area contributed by atoms with Crippen LogP contribution in [0.1, 0.15) is 31.7 Å².